The Labute approximate surface area is 131 Å². The van der Waals surface area contributed by atoms with E-state index in [1.54, 1.807) is 0 Å². The molecule has 0 atom stereocenters. The molecule has 1 aliphatic rings. The van der Waals surface area contributed by atoms with Gasteiger partial charge in [-0.1, -0.05) is 57.6 Å². The molecule has 0 saturated carbocycles. The number of unbranched alkanes of at least 4 members (excludes halogenated alkanes) is 5. The standard InChI is InChI=1S/C18H26F2O2/c1-2-3-4-5-6-7-9-14-12-21-18(22-13-14)15-10-8-11-16(19)17(15)20/h8,10-11,14,18H,2-7,9,12-13H2,1H3. The van der Waals surface area contributed by atoms with Crippen LogP contribution in [-0.2, 0) is 9.47 Å². The topological polar surface area (TPSA) is 18.5 Å². The lowest BCUT2D eigenvalue weighted by atomic mass is 10.0. The molecule has 2 nitrogen and oxygen atoms in total. The fourth-order valence-corrected chi connectivity index (χ4v) is 2.81. The monoisotopic (exact) mass is 312 g/mol. The van der Waals surface area contributed by atoms with E-state index in [-0.39, 0.29) is 5.56 Å². The van der Waals surface area contributed by atoms with Crippen LogP contribution in [0.2, 0.25) is 0 Å². The minimum atomic E-state index is -0.873. The molecule has 0 radical (unpaired) electrons. The molecular formula is C18H26F2O2. The Hall–Kier alpha value is -1.00. The van der Waals surface area contributed by atoms with Gasteiger partial charge >= 0.3 is 0 Å². The predicted molar refractivity (Wildman–Crippen MR) is 82.5 cm³/mol. The van der Waals surface area contributed by atoms with Crippen molar-refractivity contribution < 1.29 is 18.3 Å². The Morgan fingerprint density at radius 2 is 1.68 bits per heavy atom. The highest BCUT2D eigenvalue weighted by Gasteiger charge is 2.26. The average Bonchev–Trinajstić information content (AvgIpc) is 2.54. The van der Waals surface area contributed by atoms with Gasteiger partial charge in [0.15, 0.2) is 17.9 Å². The van der Waals surface area contributed by atoms with Crippen molar-refractivity contribution in [3.05, 3.63) is 35.4 Å². The lowest BCUT2D eigenvalue weighted by Gasteiger charge is -2.29. The average molecular weight is 312 g/mol. The summed E-state index contributed by atoms with van der Waals surface area (Å²) >= 11 is 0. The van der Waals surface area contributed by atoms with E-state index in [0.717, 1.165) is 12.5 Å². The second-order valence-corrected chi connectivity index (χ2v) is 6.06. The van der Waals surface area contributed by atoms with Gasteiger partial charge in [0.05, 0.1) is 13.2 Å². The first-order valence-corrected chi connectivity index (χ1v) is 8.39. The van der Waals surface area contributed by atoms with Crippen molar-refractivity contribution in [2.24, 2.45) is 5.92 Å². The largest absolute Gasteiger partial charge is 0.348 e. The van der Waals surface area contributed by atoms with Gasteiger partial charge in [0.2, 0.25) is 0 Å². The van der Waals surface area contributed by atoms with E-state index in [4.69, 9.17) is 9.47 Å². The molecule has 1 saturated heterocycles. The zero-order valence-electron chi connectivity index (χ0n) is 13.3. The Balaban J connectivity index is 1.68. The van der Waals surface area contributed by atoms with Crippen molar-refractivity contribution in [2.45, 2.75) is 58.2 Å². The van der Waals surface area contributed by atoms with Gasteiger partial charge in [-0.3, -0.25) is 0 Å². The molecule has 0 unspecified atom stereocenters. The summed E-state index contributed by atoms with van der Waals surface area (Å²) in [5, 5.41) is 0. The summed E-state index contributed by atoms with van der Waals surface area (Å²) in [5.41, 5.74) is 0.151. The first-order valence-electron chi connectivity index (χ1n) is 8.39. The summed E-state index contributed by atoms with van der Waals surface area (Å²) in [6.45, 7) is 3.32. The summed E-state index contributed by atoms with van der Waals surface area (Å²) in [4.78, 5) is 0. The molecule has 0 spiro atoms. The van der Waals surface area contributed by atoms with E-state index >= 15 is 0 Å². The number of halogens is 2. The van der Waals surface area contributed by atoms with Gasteiger partial charge in [-0.2, -0.15) is 0 Å². The number of hydrogen-bond acceptors (Lipinski definition) is 2. The molecule has 1 aromatic carbocycles. The minimum Gasteiger partial charge on any atom is -0.348 e. The first-order chi connectivity index (χ1) is 10.7. The molecule has 0 N–H and O–H groups in total. The van der Waals surface area contributed by atoms with Gasteiger partial charge < -0.3 is 9.47 Å². The Morgan fingerprint density at radius 1 is 1.00 bits per heavy atom. The van der Waals surface area contributed by atoms with E-state index in [1.807, 2.05) is 0 Å². The molecule has 0 bridgehead atoms. The molecule has 1 aromatic rings. The third-order valence-corrected chi connectivity index (χ3v) is 4.17. The summed E-state index contributed by atoms with van der Waals surface area (Å²) in [6, 6.07) is 4.09. The highest BCUT2D eigenvalue weighted by Crippen LogP contribution is 2.29. The van der Waals surface area contributed by atoms with Crippen molar-refractivity contribution >= 4 is 0 Å². The van der Waals surface area contributed by atoms with E-state index in [1.165, 1.54) is 50.7 Å². The van der Waals surface area contributed by atoms with Crippen molar-refractivity contribution in [1.29, 1.82) is 0 Å². The third kappa shape index (κ3) is 5.03. The quantitative estimate of drug-likeness (QED) is 0.600. The molecule has 1 aliphatic heterocycles. The highest BCUT2D eigenvalue weighted by molar-refractivity contribution is 5.20. The van der Waals surface area contributed by atoms with Gasteiger partial charge in [-0.25, -0.2) is 8.78 Å². The molecule has 0 amide bonds. The number of benzene rings is 1. The number of rotatable bonds is 8. The zero-order chi connectivity index (χ0) is 15.8. The van der Waals surface area contributed by atoms with E-state index < -0.39 is 17.9 Å². The molecule has 1 fully saturated rings. The number of ether oxygens (including phenoxy) is 2. The summed E-state index contributed by atoms with van der Waals surface area (Å²) in [7, 11) is 0. The SMILES string of the molecule is CCCCCCCCC1COC(c2cccc(F)c2F)OC1. The van der Waals surface area contributed by atoms with Crippen LogP contribution in [-0.4, -0.2) is 13.2 Å². The summed E-state index contributed by atoms with van der Waals surface area (Å²) in [6.07, 6.45) is 7.91. The molecular weight excluding hydrogens is 286 g/mol. The second kappa shape index (κ2) is 9.21. The smallest absolute Gasteiger partial charge is 0.186 e. The van der Waals surface area contributed by atoms with Gasteiger partial charge in [-0.15, -0.1) is 0 Å². The fraction of sp³-hybridized carbons (Fsp3) is 0.667. The van der Waals surface area contributed by atoms with Crippen LogP contribution in [0.5, 0.6) is 0 Å². The minimum absolute atomic E-state index is 0.151. The molecule has 2 rings (SSSR count). The van der Waals surface area contributed by atoms with Crippen LogP contribution < -0.4 is 0 Å². The van der Waals surface area contributed by atoms with Crippen LogP contribution in [0.15, 0.2) is 18.2 Å². The van der Waals surface area contributed by atoms with Crippen LogP contribution in [0.1, 0.15) is 63.7 Å². The highest BCUT2D eigenvalue weighted by atomic mass is 19.2. The predicted octanol–water partition coefficient (Wildman–Crippen LogP) is 5.38. The van der Waals surface area contributed by atoms with Gasteiger partial charge in [0.1, 0.15) is 0 Å². The van der Waals surface area contributed by atoms with Crippen LogP contribution in [0, 0.1) is 17.6 Å². The van der Waals surface area contributed by atoms with Crippen LogP contribution in [0.3, 0.4) is 0 Å². The number of hydrogen-bond donors (Lipinski definition) is 0. The maximum absolute atomic E-state index is 13.7. The van der Waals surface area contributed by atoms with E-state index in [9.17, 15) is 8.78 Å². The second-order valence-electron chi connectivity index (χ2n) is 6.06. The van der Waals surface area contributed by atoms with Crippen molar-refractivity contribution in [3.63, 3.8) is 0 Å². The Morgan fingerprint density at radius 3 is 2.41 bits per heavy atom. The molecule has 0 aliphatic carbocycles. The van der Waals surface area contributed by atoms with Crippen LogP contribution in [0.25, 0.3) is 0 Å². The van der Waals surface area contributed by atoms with Gasteiger partial charge in [-0.05, 0) is 12.5 Å². The lowest BCUT2D eigenvalue weighted by Crippen LogP contribution is -2.27. The Kier molecular flexibility index (Phi) is 7.26. The van der Waals surface area contributed by atoms with E-state index in [2.05, 4.69) is 6.92 Å². The first kappa shape index (κ1) is 17.4. The van der Waals surface area contributed by atoms with Crippen molar-refractivity contribution in [2.75, 3.05) is 13.2 Å². The van der Waals surface area contributed by atoms with Gasteiger partial charge in [0.25, 0.3) is 0 Å². The molecule has 1 heterocycles. The third-order valence-electron chi connectivity index (χ3n) is 4.17. The van der Waals surface area contributed by atoms with Crippen LogP contribution >= 0.6 is 0 Å². The molecule has 22 heavy (non-hydrogen) atoms. The summed E-state index contributed by atoms with van der Waals surface area (Å²) in [5.74, 6) is -1.38. The molecule has 124 valence electrons. The maximum Gasteiger partial charge on any atom is 0.186 e. The summed E-state index contributed by atoms with van der Waals surface area (Å²) < 4.78 is 38.1. The Bertz CT molecular complexity index is 443. The molecule has 4 heteroatoms. The molecule has 0 aromatic heterocycles. The normalized spacial score (nSPS) is 22.0. The van der Waals surface area contributed by atoms with Crippen molar-refractivity contribution in [1.82, 2.24) is 0 Å². The fourth-order valence-electron chi connectivity index (χ4n) is 2.81. The van der Waals surface area contributed by atoms with Crippen LogP contribution in [0.4, 0.5) is 8.78 Å². The zero-order valence-corrected chi connectivity index (χ0v) is 13.3. The van der Waals surface area contributed by atoms with E-state index in [0.29, 0.717) is 19.1 Å². The maximum atomic E-state index is 13.7. The lowest BCUT2D eigenvalue weighted by molar-refractivity contribution is -0.207. The van der Waals surface area contributed by atoms with Gasteiger partial charge in [0, 0.05) is 11.5 Å². The van der Waals surface area contributed by atoms with Crippen molar-refractivity contribution in [3.8, 4) is 0 Å².